The van der Waals surface area contributed by atoms with Gasteiger partial charge >= 0.3 is 0 Å². The number of nitrogens with zero attached hydrogens (tertiary/aromatic N) is 2. The molecule has 3 rings (SSSR count). The smallest absolute Gasteiger partial charge is 0.196 e. The molecule has 2 nitrogen and oxygen atoms in total. The van der Waals surface area contributed by atoms with Crippen LogP contribution in [0.3, 0.4) is 0 Å². The summed E-state index contributed by atoms with van der Waals surface area (Å²) in [6.45, 7) is 25.3. The lowest BCUT2D eigenvalue weighted by Crippen LogP contribution is -2.38. The highest BCUT2D eigenvalue weighted by Gasteiger charge is 2.32. The average Bonchev–Trinajstić information content (AvgIpc) is 2.94. The molecule has 0 aliphatic carbocycles. The van der Waals surface area contributed by atoms with E-state index in [0.717, 1.165) is 0 Å². The highest BCUT2D eigenvalue weighted by molar-refractivity contribution is 5.53. The third-order valence-electron chi connectivity index (χ3n) is 6.97. The molecule has 0 aliphatic rings. The van der Waals surface area contributed by atoms with Crippen LogP contribution in [0.1, 0.15) is 119 Å². The molecule has 0 fully saturated rings. The summed E-state index contributed by atoms with van der Waals surface area (Å²) in [4.78, 5) is 0. The minimum absolute atomic E-state index is 0.466. The van der Waals surface area contributed by atoms with E-state index in [-0.39, 0.29) is 0 Å². The molecule has 2 heteroatoms. The molecule has 0 unspecified atom stereocenters. The highest BCUT2D eigenvalue weighted by atomic mass is 15.2. The van der Waals surface area contributed by atoms with Gasteiger partial charge in [0.15, 0.2) is 0 Å². The molecule has 0 atom stereocenters. The first kappa shape index (κ1) is 24.3. The number of rotatable bonds is 6. The number of hydrogen-bond donors (Lipinski definition) is 0. The third-order valence-corrected chi connectivity index (χ3v) is 6.97. The molecule has 0 saturated heterocycles. The van der Waals surface area contributed by atoms with Crippen molar-refractivity contribution in [1.82, 2.24) is 4.57 Å². The minimum Gasteiger partial charge on any atom is -0.196 e. The van der Waals surface area contributed by atoms with Crippen LogP contribution in [-0.4, -0.2) is 4.57 Å². The van der Waals surface area contributed by atoms with E-state index in [4.69, 9.17) is 0 Å². The first-order valence-corrected chi connectivity index (χ1v) is 12.4. The van der Waals surface area contributed by atoms with Gasteiger partial charge in [0.1, 0.15) is 22.8 Å². The number of imidazole rings is 1. The van der Waals surface area contributed by atoms with E-state index in [1.54, 1.807) is 0 Å². The lowest BCUT2D eigenvalue weighted by atomic mass is 9.92. The van der Waals surface area contributed by atoms with Crippen molar-refractivity contribution in [2.24, 2.45) is 0 Å². The SMILES string of the molecule is Cc1c(C)[n+](-c2c(C(C)C)cccc2C(C)C)c(C)n1-c1c(C(C)C)cccc1C(C)C. The maximum Gasteiger partial charge on any atom is 0.264 e. The number of hydrogen-bond acceptors (Lipinski definition) is 0. The molecule has 0 saturated carbocycles. The van der Waals surface area contributed by atoms with E-state index in [1.807, 2.05) is 0 Å². The van der Waals surface area contributed by atoms with Crippen molar-refractivity contribution in [3.63, 3.8) is 0 Å². The Bertz CT molecular complexity index is 971. The van der Waals surface area contributed by atoms with Gasteiger partial charge in [0, 0.05) is 43.0 Å². The zero-order chi connectivity index (χ0) is 23.9. The first-order chi connectivity index (χ1) is 15.0. The molecule has 0 bridgehead atoms. The Balaban J connectivity index is 2.47. The normalized spacial score (nSPS) is 12.1. The van der Waals surface area contributed by atoms with E-state index >= 15 is 0 Å². The summed E-state index contributed by atoms with van der Waals surface area (Å²) in [7, 11) is 0. The Morgan fingerprint density at radius 1 is 0.594 bits per heavy atom. The van der Waals surface area contributed by atoms with E-state index in [2.05, 4.69) is 122 Å². The van der Waals surface area contributed by atoms with Crippen molar-refractivity contribution in [3.8, 4) is 11.4 Å². The molecule has 0 amide bonds. The Hall–Kier alpha value is -2.35. The maximum absolute atomic E-state index is 2.53. The van der Waals surface area contributed by atoms with Gasteiger partial charge in [-0.15, -0.1) is 0 Å². The molecule has 0 N–H and O–H groups in total. The van der Waals surface area contributed by atoms with Gasteiger partial charge in [-0.25, -0.2) is 0 Å². The Morgan fingerprint density at radius 3 is 1.34 bits per heavy atom. The molecular weight excluding hydrogens is 388 g/mol. The summed E-state index contributed by atoms with van der Waals surface area (Å²) in [5.74, 6) is 3.14. The molecular formula is C30H43N2+. The molecule has 0 aliphatic heterocycles. The van der Waals surface area contributed by atoms with Crippen LogP contribution < -0.4 is 4.57 Å². The molecule has 3 aromatic rings. The van der Waals surface area contributed by atoms with Crippen molar-refractivity contribution >= 4 is 0 Å². The van der Waals surface area contributed by atoms with Gasteiger partial charge in [-0.1, -0.05) is 91.8 Å². The maximum atomic E-state index is 2.53. The zero-order valence-corrected chi connectivity index (χ0v) is 22.2. The first-order valence-electron chi connectivity index (χ1n) is 12.4. The van der Waals surface area contributed by atoms with Gasteiger partial charge < -0.3 is 0 Å². The van der Waals surface area contributed by atoms with Crippen LogP contribution in [0, 0.1) is 20.8 Å². The van der Waals surface area contributed by atoms with Crippen LogP contribution >= 0.6 is 0 Å². The largest absolute Gasteiger partial charge is 0.264 e. The van der Waals surface area contributed by atoms with Crippen LogP contribution in [0.2, 0.25) is 0 Å². The number of benzene rings is 2. The van der Waals surface area contributed by atoms with Crippen LogP contribution in [0.4, 0.5) is 0 Å². The number of para-hydroxylation sites is 2. The van der Waals surface area contributed by atoms with Crippen LogP contribution in [0.5, 0.6) is 0 Å². The topological polar surface area (TPSA) is 8.81 Å². The van der Waals surface area contributed by atoms with Crippen LogP contribution in [0.15, 0.2) is 36.4 Å². The zero-order valence-electron chi connectivity index (χ0n) is 22.2. The van der Waals surface area contributed by atoms with Crippen molar-refractivity contribution in [3.05, 3.63) is 75.9 Å². The lowest BCUT2D eigenvalue weighted by Gasteiger charge is -2.19. The highest BCUT2D eigenvalue weighted by Crippen LogP contribution is 2.35. The predicted octanol–water partition coefficient (Wildman–Crippen LogP) is 8.17. The Morgan fingerprint density at radius 2 is 0.969 bits per heavy atom. The fourth-order valence-electron chi connectivity index (χ4n) is 5.11. The monoisotopic (exact) mass is 431 g/mol. The van der Waals surface area contributed by atoms with Gasteiger partial charge in [-0.3, -0.25) is 0 Å². The quantitative estimate of drug-likeness (QED) is 0.348. The van der Waals surface area contributed by atoms with Gasteiger partial charge in [0.05, 0.1) is 0 Å². The van der Waals surface area contributed by atoms with Gasteiger partial charge in [-0.05, 0) is 23.7 Å². The van der Waals surface area contributed by atoms with E-state index < -0.39 is 0 Å². The fourth-order valence-corrected chi connectivity index (χ4v) is 5.11. The van der Waals surface area contributed by atoms with Crippen LogP contribution in [0.25, 0.3) is 11.4 Å². The molecule has 1 aromatic heterocycles. The summed E-state index contributed by atoms with van der Waals surface area (Å²) in [6, 6.07) is 13.7. The van der Waals surface area contributed by atoms with Gasteiger partial charge in [0.25, 0.3) is 5.82 Å². The van der Waals surface area contributed by atoms with Crippen molar-refractivity contribution in [2.75, 3.05) is 0 Å². The minimum atomic E-state index is 0.466. The molecule has 0 spiro atoms. The van der Waals surface area contributed by atoms with E-state index in [1.165, 1.54) is 50.8 Å². The number of aromatic nitrogens is 2. The molecule has 172 valence electrons. The van der Waals surface area contributed by atoms with Gasteiger partial charge in [-0.2, -0.15) is 9.13 Å². The van der Waals surface area contributed by atoms with Crippen LogP contribution in [-0.2, 0) is 0 Å². The predicted molar refractivity (Wildman–Crippen MR) is 138 cm³/mol. The Labute approximate surface area is 196 Å². The third kappa shape index (κ3) is 4.05. The van der Waals surface area contributed by atoms with Crippen molar-refractivity contribution in [1.29, 1.82) is 0 Å². The second kappa shape index (κ2) is 9.25. The second-order valence-electron chi connectivity index (χ2n) is 10.6. The molecule has 32 heavy (non-hydrogen) atoms. The van der Waals surface area contributed by atoms with Crippen molar-refractivity contribution in [2.45, 2.75) is 99.8 Å². The van der Waals surface area contributed by atoms with E-state index in [0.29, 0.717) is 23.7 Å². The average molecular weight is 432 g/mol. The molecule has 1 heterocycles. The van der Waals surface area contributed by atoms with Gasteiger partial charge in [0.2, 0.25) is 0 Å². The fraction of sp³-hybridized carbons (Fsp3) is 0.500. The second-order valence-corrected chi connectivity index (χ2v) is 10.6. The summed E-state index contributed by atoms with van der Waals surface area (Å²) in [5, 5.41) is 0. The summed E-state index contributed by atoms with van der Waals surface area (Å²) in [5.41, 5.74) is 11.1. The summed E-state index contributed by atoms with van der Waals surface area (Å²) < 4.78 is 5.06. The lowest BCUT2D eigenvalue weighted by molar-refractivity contribution is -0.609. The molecule has 2 aromatic carbocycles. The standard InChI is InChI=1S/C30H43N2/c1-18(2)25-14-12-15-26(19(3)4)29(25)31-22(9)23(10)32(24(31)11)30-27(20(5)6)16-13-17-28(30)21(7)8/h12-21H,1-11H3/q+1. The van der Waals surface area contributed by atoms with E-state index in [9.17, 15) is 0 Å². The van der Waals surface area contributed by atoms with Crippen molar-refractivity contribution < 1.29 is 4.57 Å². The summed E-state index contributed by atoms with van der Waals surface area (Å²) >= 11 is 0. The summed E-state index contributed by atoms with van der Waals surface area (Å²) in [6.07, 6.45) is 0. The molecule has 0 radical (unpaired) electrons. The Kier molecular flexibility index (Phi) is 7.03.